The Hall–Kier alpha value is -1.88. The van der Waals surface area contributed by atoms with Crippen LogP contribution in [-0.2, 0) is 13.2 Å². The zero-order valence-electron chi connectivity index (χ0n) is 13.5. The van der Waals surface area contributed by atoms with Crippen LogP contribution in [0.5, 0.6) is 5.75 Å². The van der Waals surface area contributed by atoms with E-state index in [9.17, 15) is 5.11 Å². The molecule has 0 aliphatic heterocycles. The molecule has 1 aliphatic carbocycles. The number of rotatable bonds is 7. The number of hydrogen-bond acceptors (Lipinski definition) is 4. The van der Waals surface area contributed by atoms with E-state index in [4.69, 9.17) is 4.74 Å². The number of benzene rings is 1. The largest absolute Gasteiger partial charge is 0.494 e. The zero-order chi connectivity index (χ0) is 15.9. The molecular formula is C18H25N3O2. The fraction of sp³-hybridized carbons (Fsp3) is 0.556. The third-order valence-corrected chi connectivity index (χ3v) is 4.51. The molecule has 0 radical (unpaired) electrons. The van der Waals surface area contributed by atoms with Crippen LogP contribution in [0.2, 0.25) is 0 Å². The van der Waals surface area contributed by atoms with Crippen molar-refractivity contribution in [3.05, 3.63) is 41.7 Å². The van der Waals surface area contributed by atoms with E-state index in [0.29, 0.717) is 12.5 Å². The van der Waals surface area contributed by atoms with Crippen molar-refractivity contribution in [3.8, 4) is 5.75 Å². The van der Waals surface area contributed by atoms with E-state index in [2.05, 4.69) is 10.3 Å². The molecule has 2 aromatic rings. The van der Waals surface area contributed by atoms with Crippen molar-refractivity contribution in [2.45, 2.75) is 57.6 Å². The van der Waals surface area contributed by atoms with E-state index in [1.165, 1.54) is 32.1 Å². The highest BCUT2D eigenvalue weighted by atomic mass is 16.5. The van der Waals surface area contributed by atoms with E-state index < -0.39 is 0 Å². The van der Waals surface area contributed by atoms with Crippen LogP contribution in [0.4, 0.5) is 0 Å². The Bertz CT molecular complexity index is 592. The summed E-state index contributed by atoms with van der Waals surface area (Å²) in [6.45, 7) is 1.42. The number of aliphatic hydroxyl groups excluding tert-OH is 1. The summed E-state index contributed by atoms with van der Waals surface area (Å²) in [5.74, 6) is 1.39. The van der Waals surface area contributed by atoms with Gasteiger partial charge in [-0.3, -0.25) is 0 Å². The van der Waals surface area contributed by atoms with Gasteiger partial charge in [0, 0.05) is 18.9 Å². The molecule has 1 N–H and O–H groups in total. The number of aryl methyl sites for hydroxylation is 1. The lowest BCUT2D eigenvalue weighted by Crippen LogP contribution is -2.15. The van der Waals surface area contributed by atoms with E-state index in [0.717, 1.165) is 30.1 Å². The zero-order valence-corrected chi connectivity index (χ0v) is 13.5. The van der Waals surface area contributed by atoms with Crippen molar-refractivity contribution >= 4 is 0 Å². The number of aromatic nitrogens is 3. The first kappa shape index (κ1) is 16.0. The smallest absolute Gasteiger partial charge is 0.119 e. The third kappa shape index (κ3) is 4.10. The monoisotopic (exact) mass is 315 g/mol. The first-order valence-electron chi connectivity index (χ1n) is 8.59. The molecule has 124 valence electrons. The SMILES string of the molecule is OCc1nnn(CCCOc2ccccc2)c1C1CCCCC1. The van der Waals surface area contributed by atoms with Gasteiger partial charge in [0.05, 0.1) is 18.9 Å². The second-order valence-corrected chi connectivity index (χ2v) is 6.15. The van der Waals surface area contributed by atoms with Crippen molar-refractivity contribution in [2.75, 3.05) is 6.61 Å². The van der Waals surface area contributed by atoms with Crippen molar-refractivity contribution in [1.82, 2.24) is 15.0 Å². The lowest BCUT2D eigenvalue weighted by atomic mass is 9.86. The van der Waals surface area contributed by atoms with E-state index in [1.807, 2.05) is 35.0 Å². The molecule has 3 rings (SSSR count). The molecular weight excluding hydrogens is 290 g/mol. The first-order chi connectivity index (χ1) is 11.4. The van der Waals surface area contributed by atoms with Crippen LogP contribution in [0, 0.1) is 0 Å². The molecule has 0 unspecified atom stereocenters. The summed E-state index contributed by atoms with van der Waals surface area (Å²) in [5, 5.41) is 18.0. The van der Waals surface area contributed by atoms with Crippen LogP contribution in [0.25, 0.3) is 0 Å². The van der Waals surface area contributed by atoms with Gasteiger partial charge in [0.2, 0.25) is 0 Å². The van der Waals surface area contributed by atoms with Crippen molar-refractivity contribution < 1.29 is 9.84 Å². The van der Waals surface area contributed by atoms with Gasteiger partial charge in [-0.25, -0.2) is 4.68 Å². The van der Waals surface area contributed by atoms with Gasteiger partial charge in [-0.1, -0.05) is 42.7 Å². The fourth-order valence-electron chi connectivity index (χ4n) is 3.38. The van der Waals surface area contributed by atoms with Gasteiger partial charge in [-0.15, -0.1) is 5.10 Å². The fourth-order valence-corrected chi connectivity index (χ4v) is 3.38. The predicted molar refractivity (Wildman–Crippen MR) is 88.3 cm³/mol. The highest BCUT2D eigenvalue weighted by Crippen LogP contribution is 2.33. The molecule has 0 amide bonds. The molecule has 1 aromatic heterocycles. The number of nitrogens with zero attached hydrogens (tertiary/aromatic N) is 3. The second-order valence-electron chi connectivity index (χ2n) is 6.15. The highest BCUT2D eigenvalue weighted by Gasteiger charge is 2.23. The van der Waals surface area contributed by atoms with Crippen LogP contribution in [-0.4, -0.2) is 26.7 Å². The summed E-state index contributed by atoms with van der Waals surface area (Å²) >= 11 is 0. The molecule has 5 heteroatoms. The quantitative estimate of drug-likeness (QED) is 0.797. The average Bonchev–Trinajstić information content (AvgIpc) is 3.03. The number of para-hydroxylation sites is 1. The summed E-state index contributed by atoms with van der Waals surface area (Å²) in [7, 11) is 0. The van der Waals surface area contributed by atoms with Gasteiger partial charge in [-0.2, -0.15) is 0 Å². The molecule has 0 bridgehead atoms. The minimum absolute atomic E-state index is 0.0215. The summed E-state index contributed by atoms with van der Waals surface area (Å²) < 4.78 is 7.72. The van der Waals surface area contributed by atoms with E-state index in [1.54, 1.807) is 0 Å². The molecule has 5 nitrogen and oxygen atoms in total. The Kier molecular flexibility index (Phi) is 5.64. The van der Waals surface area contributed by atoms with Crippen LogP contribution in [0.3, 0.4) is 0 Å². The molecule has 1 fully saturated rings. The Labute approximate surface area is 137 Å². The maximum atomic E-state index is 9.54. The van der Waals surface area contributed by atoms with Crippen LogP contribution < -0.4 is 4.74 Å². The van der Waals surface area contributed by atoms with Gasteiger partial charge in [0.25, 0.3) is 0 Å². The van der Waals surface area contributed by atoms with Crippen molar-refractivity contribution in [3.63, 3.8) is 0 Å². The predicted octanol–water partition coefficient (Wildman–Crippen LogP) is 3.29. The Morgan fingerprint density at radius 1 is 1.13 bits per heavy atom. The van der Waals surface area contributed by atoms with Crippen LogP contribution in [0.1, 0.15) is 55.8 Å². The van der Waals surface area contributed by atoms with Gasteiger partial charge < -0.3 is 9.84 Å². The number of ether oxygens (including phenoxy) is 1. The molecule has 1 heterocycles. The van der Waals surface area contributed by atoms with E-state index >= 15 is 0 Å². The van der Waals surface area contributed by atoms with Gasteiger partial charge >= 0.3 is 0 Å². The topological polar surface area (TPSA) is 60.2 Å². The maximum absolute atomic E-state index is 9.54. The van der Waals surface area contributed by atoms with Gasteiger partial charge in [0.15, 0.2) is 0 Å². The molecule has 0 atom stereocenters. The first-order valence-corrected chi connectivity index (χ1v) is 8.59. The lowest BCUT2D eigenvalue weighted by Gasteiger charge is -2.23. The van der Waals surface area contributed by atoms with Crippen LogP contribution in [0.15, 0.2) is 30.3 Å². The summed E-state index contributed by atoms with van der Waals surface area (Å²) in [5.41, 5.74) is 1.90. The summed E-state index contributed by atoms with van der Waals surface area (Å²) in [6.07, 6.45) is 7.08. The Balaban J connectivity index is 1.58. The number of aliphatic hydroxyl groups is 1. The molecule has 1 saturated carbocycles. The normalized spacial score (nSPS) is 15.7. The van der Waals surface area contributed by atoms with Gasteiger partial charge in [0.1, 0.15) is 11.4 Å². The minimum atomic E-state index is -0.0215. The van der Waals surface area contributed by atoms with Crippen LogP contribution >= 0.6 is 0 Å². The Morgan fingerprint density at radius 2 is 1.91 bits per heavy atom. The van der Waals surface area contributed by atoms with Crippen molar-refractivity contribution in [1.29, 1.82) is 0 Å². The molecule has 0 saturated heterocycles. The molecule has 0 spiro atoms. The summed E-state index contributed by atoms with van der Waals surface area (Å²) in [6, 6.07) is 9.86. The molecule has 23 heavy (non-hydrogen) atoms. The highest BCUT2D eigenvalue weighted by molar-refractivity contribution is 5.20. The molecule has 1 aliphatic rings. The average molecular weight is 315 g/mol. The maximum Gasteiger partial charge on any atom is 0.119 e. The lowest BCUT2D eigenvalue weighted by molar-refractivity contribution is 0.272. The number of hydrogen-bond donors (Lipinski definition) is 1. The van der Waals surface area contributed by atoms with E-state index in [-0.39, 0.29) is 6.61 Å². The second kappa shape index (κ2) is 8.11. The minimum Gasteiger partial charge on any atom is -0.494 e. The molecule has 1 aromatic carbocycles. The Morgan fingerprint density at radius 3 is 2.65 bits per heavy atom. The third-order valence-electron chi connectivity index (χ3n) is 4.51. The van der Waals surface area contributed by atoms with Gasteiger partial charge in [-0.05, 0) is 25.0 Å². The van der Waals surface area contributed by atoms with Crippen molar-refractivity contribution in [2.24, 2.45) is 0 Å². The summed E-state index contributed by atoms with van der Waals surface area (Å²) in [4.78, 5) is 0. The standard InChI is InChI=1S/C18H25N3O2/c22-14-17-18(15-8-3-1-4-9-15)21(20-19-17)12-7-13-23-16-10-5-2-6-11-16/h2,5-6,10-11,15,22H,1,3-4,7-9,12-14H2.